The quantitative estimate of drug-likeness (QED) is 0.828. The van der Waals surface area contributed by atoms with Crippen LogP contribution in [0, 0.1) is 12.8 Å². The topological polar surface area (TPSA) is 95.2 Å². The Morgan fingerprint density at radius 1 is 1.35 bits per heavy atom. The van der Waals surface area contributed by atoms with Gasteiger partial charge < -0.3 is 5.32 Å². The second-order valence-electron chi connectivity index (χ2n) is 6.88. The molecule has 1 aromatic heterocycles. The third kappa shape index (κ3) is 2.82. The molecule has 2 heterocycles. The van der Waals surface area contributed by atoms with E-state index in [9.17, 15) is 13.2 Å². The van der Waals surface area contributed by atoms with Crippen molar-refractivity contribution in [3.8, 4) is 0 Å². The van der Waals surface area contributed by atoms with Gasteiger partial charge in [-0.1, -0.05) is 29.3 Å². The van der Waals surface area contributed by atoms with E-state index in [0.717, 1.165) is 18.4 Å². The molecular formula is C17H19ClN4O3S. The average Bonchev–Trinajstić information content (AvgIpc) is 3.16. The van der Waals surface area contributed by atoms with Gasteiger partial charge in [0, 0.05) is 18.6 Å². The van der Waals surface area contributed by atoms with Gasteiger partial charge in [0.05, 0.1) is 16.1 Å². The van der Waals surface area contributed by atoms with E-state index in [-0.39, 0.29) is 39.5 Å². The van der Waals surface area contributed by atoms with Crippen LogP contribution < -0.4 is 5.32 Å². The second-order valence-corrected chi connectivity index (χ2v) is 9.17. The summed E-state index contributed by atoms with van der Waals surface area (Å²) in [5.74, 6) is -0.0895. The van der Waals surface area contributed by atoms with E-state index >= 15 is 0 Å². The standard InChI is InChI=1S/C17H19ClN4O3S/c1-10-2-4-12(5-3-10)26(24,25)22-7-6-11-8-14(16(11)22)20-17(23)15-13(18)9-19-21-15/h2-5,9,11,14,16H,6-8H2,1H3,(H,19,21)(H,20,23)/t11-,14+,16-/m1/s1. The summed E-state index contributed by atoms with van der Waals surface area (Å²) in [6.45, 7) is 2.39. The first-order chi connectivity index (χ1) is 12.4. The number of rotatable bonds is 4. The molecule has 1 aromatic carbocycles. The number of carbonyl (C=O) groups excluding carboxylic acids is 1. The van der Waals surface area contributed by atoms with E-state index in [1.165, 1.54) is 10.5 Å². The highest BCUT2D eigenvalue weighted by molar-refractivity contribution is 7.89. The Hall–Kier alpha value is -1.90. The van der Waals surface area contributed by atoms with E-state index < -0.39 is 10.0 Å². The van der Waals surface area contributed by atoms with Gasteiger partial charge in [-0.2, -0.15) is 9.40 Å². The van der Waals surface area contributed by atoms with Gasteiger partial charge in [0.2, 0.25) is 10.0 Å². The van der Waals surface area contributed by atoms with Crippen LogP contribution >= 0.6 is 11.6 Å². The summed E-state index contributed by atoms with van der Waals surface area (Å²) in [6.07, 6.45) is 2.94. The molecule has 4 rings (SSSR count). The molecule has 2 N–H and O–H groups in total. The van der Waals surface area contributed by atoms with Crippen LogP contribution in [0.5, 0.6) is 0 Å². The summed E-state index contributed by atoms with van der Waals surface area (Å²) in [5, 5.41) is 9.44. The highest BCUT2D eigenvalue weighted by Gasteiger charge is 2.53. The highest BCUT2D eigenvalue weighted by atomic mass is 35.5. The SMILES string of the molecule is Cc1ccc(S(=O)(=O)N2CC[C@@H]3C[C@H](NC(=O)c4[nH]ncc4Cl)[C@@H]32)cc1. The van der Waals surface area contributed by atoms with E-state index in [4.69, 9.17) is 11.6 Å². The molecule has 26 heavy (non-hydrogen) atoms. The molecule has 1 saturated carbocycles. The monoisotopic (exact) mass is 394 g/mol. The Labute approximate surface area is 156 Å². The van der Waals surface area contributed by atoms with Crippen molar-refractivity contribution in [3.05, 3.63) is 46.7 Å². The van der Waals surface area contributed by atoms with Crippen LogP contribution in [-0.2, 0) is 10.0 Å². The number of halogens is 1. The fourth-order valence-electron chi connectivity index (χ4n) is 3.85. The lowest BCUT2D eigenvalue weighted by atomic mass is 9.76. The van der Waals surface area contributed by atoms with Crippen molar-refractivity contribution in [2.45, 2.75) is 36.7 Å². The normalized spacial score (nSPS) is 25.5. The summed E-state index contributed by atoms with van der Waals surface area (Å²) in [4.78, 5) is 12.6. The van der Waals surface area contributed by atoms with Crippen LogP contribution in [0.3, 0.4) is 0 Å². The van der Waals surface area contributed by atoms with Gasteiger partial charge in [-0.3, -0.25) is 9.89 Å². The first-order valence-electron chi connectivity index (χ1n) is 8.46. The van der Waals surface area contributed by atoms with Crippen molar-refractivity contribution in [1.29, 1.82) is 0 Å². The number of aromatic nitrogens is 2. The summed E-state index contributed by atoms with van der Waals surface area (Å²) in [5.41, 5.74) is 1.20. The molecule has 1 aliphatic heterocycles. The minimum absolute atomic E-state index is 0.195. The summed E-state index contributed by atoms with van der Waals surface area (Å²) >= 11 is 5.92. The molecule has 7 nitrogen and oxygen atoms in total. The molecular weight excluding hydrogens is 376 g/mol. The largest absolute Gasteiger partial charge is 0.346 e. The van der Waals surface area contributed by atoms with Crippen molar-refractivity contribution in [2.24, 2.45) is 5.92 Å². The van der Waals surface area contributed by atoms with Crippen molar-refractivity contribution in [1.82, 2.24) is 19.8 Å². The van der Waals surface area contributed by atoms with Crippen molar-refractivity contribution < 1.29 is 13.2 Å². The number of H-pyrrole nitrogens is 1. The van der Waals surface area contributed by atoms with E-state index in [0.29, 0.717) is 6.54 Å². The average molecular weight is 395 g/mol. The number of carbonyl (C=O) groups is 1. The van der Waals surface area contributed by atoms with Gasteiger partial charge in [0.15, 0.2) is 0 Å². The number of aryl methyl sites for hydroxylation is 1. The molecule has 3 atom stereocenters. The number of benzene rings is 1. The fraction of sp³-hybridized carbons (Fsp3) is 0.412. The zero-order chi connectivity index (χ0) is 18.5. The lowest BCUT2D eigenvalue weighted by molar-refractivity contribution is 0.0814. The van der Waals surface area contributed by atoms with Gasteiger partial charge in [0.25, 0.3) is 5.91 Å². The Kier molecular flexibility index (Phi) is 4.29. The molecule has 2 aromatic rings. The number of sulfonamides is 1. The summed E-state index contributed by atoms with van der Waals surface area (Å²) in [7, 11) is -3.58. The van der Waals surface area contributed by atoms with Gasteiger partial charge >= 0.3 is 0 Å². The fourth-order valence-corrected chi connectivity index (χ4v) is 5.76. The zero-order valence-electron chi connectivity index (χ0n) is 14.1. The van der Waals surface area contributed by atoms with E-state index in [2.05, 4.69) is 15.5 Å². The maximum absolute atomic E-state index is 13.0. The third-order valence-electron chi connectivity index (χ3n) is 5.27. The lowest BCUT2D eigenvalue weighted by Crippen LogP contribution is -2.60. The second kappa shape index (κ2) is 6.37. The van der Waals surface area contributed by atoms with Crippen molar-refractivity contribution in [3.63, 3.8) is 0 Å². The first kappa shape index (κ1) is 17.5. The lowest BCUT2D eigenvalue weighted by Gasteiger charge is -2.43. The summed E-state index contributed by atoms with van der Waals surface area (Å²) < 4.78 is 27.6. The Balaban J connectivity index is 1.53. The predicted octanol–water partition coefficient (Wildman–Crippen LogP) is 1.95. The Bertz CT molecular complexity index is 941. The van der Waals surface area contributed by atoms with Gasteiger partial charge in [-0.25, -0.2) is 8.42 Å². The molecule has 2 aliphatic rings. The molecule has 0 unspecified atom stereocenters. The maximum Gasteiger partial charge on any atom is 0.271 e. The number of fused-ring (bicyclic) bond motifs is 1. The number of nitrogens with one attached hydrogen (secondary N) is 2. The van der Waals surface area contributed by atoms with Crippen molar-refractivity contribution in [2.75, 3.05) is 6.54 Å². The molecule has 0 spiro atoms. The van der Waals surface area contributed by atoms with Crippen LogP contribution in [-0.4, -0.2) is 47.5 Å². The molecule has 138 valence electrons. The number of hydrogen-bond donors (Lipinski definition) is 2. The number of amides is 1. The zero-order valence-corrected chi connectivity index (χ0v) is 15.7. The molecule has 0 bridgehead atoms. The van der Waals surface area contributed by atoms with Gasteiger partial charge in [-0.05, 0) is 37.8 Å². The van der Waals surface area contributed by atoms with E-state index in [1.807, 2.05) is 6.92 Å². The minimum Gasteiger partial charge on any atom is -0.346 e. The number of aromatic amines is 1. The first-order valence-corrected chi connectivity index (χ1v) is 10.3. The molecule has 2 fully saturated rings. The smallest absolute Gasteiger partial charge is 0.271 e. The maximum atomic E-state index is 13.0. The Morgan fingerprint density at radius 3 is 2.73 bits per heavy atom. The summed E-state index contributed by atoms with van der Waals surface area (Å²) in [6, 6.07) is 6.41. The number of hydrogen-bond acceptors (Lipinski definition) is 4. The predicted molar refractivity (Wildman–Crippen MR) is 96.4 cm³/mol. The molecule has 1 saturated heterocycles. The van der Waals surface area contributed by atoms with Crippen molar-refractivity contribution >= 4 is 27.5 Å². The van der Waals surface area contributed by atoms with Crippen LogP contribution in [0.1, 0.15) is 28.9 Å². The van der Waals surface area contributed by atoms with E-state index in [1.54, 1.807) is 24.3 Å². The van der Waals surface area contributed by atoms with Crippen LogP contribution in [0.2, 0.25) is 5.02 Å². The number of nitrogens with zero attached hydrogens (tertiary/aromatic N) is 2. The molecule has 1 amide bonds. The Morgan fingerprint density at radius 2 is 2.08 bits per heavy atom. The van der Waals surface area contributed by atoms with Crippen LogP contribution in [0.4, 0.5) is 0 Å². The molecule has 0 radical (unpaired) electrons. The minimum atomic E-state index is -3.58. The van der Waals surface area contributed by atoms with Crippen LogP contribution in [0.25, 0.3) is 0 Å². The molecule has 9 heteroatoms. The molecule has 1 aliphatic carbocycles. The third-order valence-corrected chi connectivity index (χ3v) is 7.47. The van der Waals surface area contributed by atoms with Gasteiger partial charge in [-0.15, -0.1) is 0 Å². The van der Waals surface area contributed by atoms with Crippen LogP contribution in [0.15, 0.2) is 35.4 Å². The van der Waals surface area contributed by atoms with Gasteiger partial charge in [0.1, 0.15) is 5.69 Å². The highest BCUT2D eigenvalue weighted by Crippen LogP contribution is 2.43.